The maximum Gasteiger partial charge on any atom is 0.410 e. The molecular formula is C28H34N2O7. The third-order valence-electron chi connectivity index (χ3n) is 6.61. The minimum atomic E-state index is -0.392. The minimum absolute atomic E-state index is 0.0214. The van der Waals surface area contributed by atoms with E-state index in [1.54, 1.807) is 42.2 Å². The number of methoxy groups -OCH3 is 1. The van der Waals surface area contributed by atoms with Crippen LogP contribution in [-0.4, -0.2) is 49.7 Å². The Kier molecular flexibility index (Phi) is 8.87. The maximum absolute atomic E-state index is 12.8. The molecule has 0 unspecified atom stereocenters. The van der Waals surface area contributed by atoms with E-state index in [-0.39, 0.29) is 30.8 Å². The fourth-order valence-electron chi connectivity index (χ4n) is 4.67. The van der Waals surface area contributed by atoms with Crippen molar-refractivity contribution in [1.82, 2.24) is 4.90 Å². The molecule has 0 radical (unpaired) electrons. The molecule has 1 saturated heterocycles. The number of nitrogens with one attached hydrogen (secondary N) is 1. The van der Waals surface area contributed by atoms with E-state index in [0.29, 0.717) is 48.3 Å². The molecule has 0 spiro atoms. The highest BCUT2D eigenvalue weighted by Crippen LogP contribution is 2.36. The molecule has 0 bridgehead atoms. The van der Waals surface area contributed by atoms with E-state index in [9.17, 15) is 14.4 Å². The molecule has 1 heterocycles. The highest BCUT2D eigenvalue weighted by atomic mass is 16.6. The van der Waals surface area contributed by atoms with Crippen LogP contribution in [0.3, 0.4) is 0 Å². The number of benzene rings is 2. The zero-order valence-electron chi connectivity index (χ0n) is 21.4. The Bertz CT molecular complexity index is 1130. The molecular weight excluding hydrogens is 476 g/mol. The van der Waals surface area contributed by atoms with Crippen LogP contribution in [0.25, 0.3) is 0 Å². The highest BCUT2D eigenvalue weighted by Gasteiger charge is 2.25. The quantitative estimate of drug-likeness (QED) is 0.446. The summed E-state index contributed by atoms with van der Waals surface area (Å²) in [6.45, 7) is 3.13. The van der Waals surface area contributed by atoms with Crippen molar-refractivity contribution in [3.05, 3.63) is 47.5 Å². The van der Waals surface area contributed by atoms with Gasteiger partial charge in [-0.1, -0.05) is 25.3 Å². The van der Waals surface area contributed by atoms with Crippen LogP contribution < -0.4 is 14.8 Å². The van der Waals surface area contributed by atoms with Crippen molar-refractivity contribution in [3.63, 3.8) is 0 Å². The summed E-state index contributed by atoms with van der Waals surface area (Å²) in [5, 5.41) is 3.04. The molecule has 1 saturated carbocycles. The molecule has 9 heteroatoms. The molecule has 2 fully saturated rings. The van der Waals surface area contributed by atoms with E-state index >= 15 is 0 Å². The minimum Gasteiger partial charge on any atom is -0.493 e. The summed E-state index contributed by atoms with van der Waals surface area (Å²) < 4.78 is 21.9. The number of carbonyl (C=O) groups excluding carboxylic acids is 3. The predicted molar refractivity (Wildman–Crippen MR) is 137 cm³/mol. The molecule has 0 atom stereocenters. The van der Waals surface area contributed by atoms with Gasteiger partial charge in [0.05, 0.1) is 33.2 Å². The number of esters is 1. The Hall–Kier alpha value is -3.75. The van der Waals surface area contributed by atoms with Crippen LogP contribution in [0.2, 0.25) is 0 Å². The maximum atomic E-state index is 12.8. The lowest BCUT2D eigenvalue weighted by Gasteiger charge is -2.22. The Balaban J connectivity index is 1.59. The summed E-state index contributed by atoms with van der Waals surface area (Å²) in [7, 11) is 1.54. The normalized spacial score (nSPS) is 15.7. The van der Waals surface area contributed by atoms with E-state index in [0.717, 1.165) is 31.2 Å². The SMILES string of the molecule is CCOC(=O)Cc1ccc(OC)c(Oc2ccc(NC(=O)C3CCCCC3)cc2CN2CCOC2=O)c1. The number of carbonyl (C=O) groups is 3. The highest BCUT2D eigenvalue weighted by molar-refractivity contribution is 5.92. The molecule has 2 amide bonds. The zero-order valence-corrected chi connectivity index (χ0v) is 21.4. The first kappa shape index (κ1) is 26.3. The van der Waals surface area contributed by atoms with Gasteiger partial charge in [-0.15, -0.1) is 0 Å². The summed E-state index contributed by atoms with van der Waals surface area (Å²) >= 11 is 0. The van der Waals surface area contributed by atoms with Crippen LogP contribution in [0.5, 0.6) is 17.2 Å². The first-order chi connectivity index (χ1) is 18.0. The molecule has 2 aromatic rings. The Morgan fingerprint density at radius 3 is 2.54 bits per heavy atom. The number of amides is 2. The fourth-order valence-corrected chi connectivity index (χ4v) is 4.67. The summed E-state index contributed by atoms with van der Waals surface area (Å²) in [4.78, 5) is 38.5. The molecule has 2 aromatic carbocycles. The Morgan fingerprint density at radius 2 is 1.84 bits per heavy atom. The number of anilines is 1. The number of hydrogen-bond donors (Lipinski definition) is 1. The summed E-state index contributed by atoms with van der Waals surface area (Å²) in [5.41, 5.74) is 2.07. The van der Waals surface area contributed by atoms with Crippen LogP contribution in [0.4, 0.5) is 10.5 Å². The van der Waals surface area contributed by atoms with E-state index < -0.39 is 6.09 Å². The van der Waals surface area contributed by atoms with Crippen molar-refractivity contribution in [2.75, 3.05) is 32.2 Å². The van der Waals surface area contributed by atoms with Crippen molar-refractivity contribution < 1.29 is 33.3 Å². The number of cyclic esters (lactones) is 1. The lowest BCUT2D eigenvalue weighted by atomic mass is 9.88. The van der Waals surface area contributed by atoms with Crippen LogP contribution in [-0.2, 0) is 32.0 Å². The van der Waals surface area contributed by atoms with Gasteiger partial charge in [0.2, 0.25) is 5.91 Å². The van der Waals surface area contributed by atoms with Gasteiger partial charge >= 0.3 is 12.1 Å². The number of ether oxygens (including phenoxy) is 4. The third-order valence-corrected chi connectivity index (χ3v) is 6.61. The van der Waals surface area contributed by atoms with E-state index in [1.165, 1.54) is 13.5 Å². The number of rotatable bonds is 10. The van der Waals surface area contributed by atoms with Crippen molar-refractivity contribution in [1.29, 1.82) is 0 Å². The van der Waals surface area contributed by atoms with Gasteiger partial charge in [0.1, 0.15) is 12.4 Å². The molecule has 1 N–H and O–H groups in total. The molecule has 37 heavy (non-hydrogen) atoms. The lowest BCUT2D eigenvalue weighted by molar-refractivity contribution is -0.142. The average molecular weight is 511 g/mol. The molecule has 1 aliphatic heterocycles. The largest absolute Gasteiger partial charge is 0.493 e. The smallest absolute Gasteiger partial charge is 0.410 e. The Morgan fingerprint density at radius 1 is 1.05 bits per heavy atom. The Labute approximate surface area is 217 Å². The molecule has 4 rings (SSSR count). The molecule has 9 nitrogen and oxygen atoms in total. The van der Waals surface area contributed by atoms with Gasteiger partial charge in [-0.2, -0.15) is 0 Å². The zero-order chi connectivity index (χ0) is 26.2. The van der Waals surface area contributed by atoms with Gasteiger partial charge in [0.25, 0.3) is 0 Å². The van der Waals surface area contributed by atoms with Gasteiger partial charge in [0, 0.05) is 17.2 Å². The topological polar surface area (TPSA) is 103 Å². The van der Waals surface area contributed by atoms with E-state index in [1.807, 2.05) is 6.07 Å². The van der Waals surface area contributed by atoms with Crippen molar-refractivity contribution in [3.8, 4) is 17.2 Å². The van der Waals surface area contributed by atoms with E-state index in [2.05, 4.69) is 5.32 Å². The second-order valence-electron chi connectivity index (χ2n) is 9.25. The molecule has 2 aliphatic rings. The van der Waals surface area contributed by atoms with Gasteiger partial charge in [-0.3, -0.25) is 9.59 Å². The summed E-state index contributed by atoms with van der Waals surface area (Å²) in [6, 6.07) is 10.6. The number of hydrogen-bond acceptors (Lipinski definition) is 7. The van der Waals surface area contributed by atoms with Crippen LogP contribution in [0.1, 0.15) is 50.2 Å². The van der Waals surface area contributed by atoms with Gasteiger partial charge in [-0.05, 0) is 55.7 Å². The van der Waals surface area contributed by atoms with Crippen molar-refractivity contribution in [2.45, 2.75) is 52.0 Å². The standard InChI is InChI=1S/C28H34N2O7/c1-3-35-26(31)16-19-9-11-24(34-2)25(15-19)37-23-12-10-22(29-27(32)20-7-5-4-6-8-20)17-21(23)18-30-13-14-36-28(30)33/h9-12,15,17,20H,3-8,13-14,16,18H2,1-2H3,(H,29,32). The lowest BCUT2D eigenvalue weighted by Crippen LogP contribution is -2.25. The average Bonchev–Trinajstić information content (AvgIpc) is 3.30. The van der Waals surface area contributed by atoms with E-state index in [4.69, 9.17) is 18.9 Å². The fraction of sp³-hybridized carbons (Fsp3) is 0.464. The predicted octanol–water partition coefficient (Wildman–Crippen LogP) is 5.06. The van der Waals surface area contributed by atoms with Crippen LogP contribution in [0, 0.1) is 5.92 Å². The summed E-state index contributed by atoms with van der Waals surface area (Å²) in [6.07, 6.45) is 4.84. The molecule has 198 valence electrons. The van der Waals surface area contributed by atoms with Crippen LogP contribution in [0.15, 0.2) is 36.4 Å². The molecule has 0 aromatic heterocycles. The van der Waals surface area contributed by atoms with Gasteiger partial charge in [-0.25, -0.2) is 4.79 Å². The van der Waals surface area contributed by atoms with Crippen LogP contribution >= 0.6 is 0 Å². The second-order valence-corrected chi connectivity index (χ2v) is 9.25. The van der Waals surface area contributed by atoms with Crippen molar-refractivity contribution in [2.24, 2.45) is 5.92 Å². The third kappa shape index (κ3) is 6.93. The first-order valence-corrected chi connectivity index (χ1v) is 12.8. The van der Waals surface area contributed by atoms with Crippen molar-refractivity contribution >= 4 is 23.7 Å². The van der Waals surface area contributed by atoms with Gasteiger partial charge in [0.15, 0.2) is 11.5 Å². The second kappa shape index (κ2) is 12.5. The van der Waals surface area contributed by atoms with Gasteiger partial charge < -0.3 is 29.2 Å². The molecule has 1 aliphatic carbocycles. The monoisotopic (exact) mass is 510 g/mol. The first-order valence-electron chi connectivity index (χ1n) is 12.8. The number of nitrogens with zero attached hydrogens (tertiary/aromatic N) is 1. The summed E-state index contributed by atoms with van der Waals surface area (Å²) in [5.74, 6) is 1.13.